The Bertz CT molecular complexity index is 837. The summed E-state index contributed by atoms with van der Waals surface area (Å²) >= 11 is 0. The number of likely N-dealkylation sites (N-methyl/N-ethyl adjacent to an activating group) is 1. The third-order valence-electron chi connectivity index (χ3n) is 3.69. The molecule has 9 nitrogen and oxygen atoms in total. The molecule has 2 rings (SSSR count). The molecule has 0 aliphatic heterocycles. The van der Waals surface area contributed by atoms with E-state index in [4.69, 9.17) is 0 Å². The number of aryl methyl sites for hydroxylation is 1. The molecule has 10 heteroatoms. The summed E-state index contributed by atoms with van der Waals surface area (Å²) in [5, 5.41) is 6.00. The summed E-state index contributed by atoms with van der Waals surface area (Å²) in [6.07, 6.45) is 1.40. The van der Waals surface area contributed by atoms with E-state index in [1.807, 2.05) is 13.8 Å². The lowest BCUT2D eigenvalue weighted by molar-refractivity contribution is -0.121. The number of hydrogen-bond acceptors (Lipinski definition) is 5. The standard InChI is InChI=1S/C14H22N6O3.ClH/c1-5-15-9(2)6-16-10(21)7-20-8-17-12-11(20)13(22)19(4)14(23)18(12)3;/h8-9,15H,5-7H2,1-4H3,(H,16,21);1H/t9-;/m1./s1. The van der Waals surface area contributed by atoms with Crippen LogP contribution in [0.4, 0.5) is 0 Å². The summed E-state index contributed by atoms with van der Waals surface area (Å²) in [5.41, 5.74) is -0.400. The SMILES string of the molecule is CCN[C@H](C)CNC(=O)Cn1cnc2c1c(=O)n(C)c(=O)n2C.Cl. The van der Waals surface area contributed by atoms with Crippen molar-refractivity contribution in [3.8, 4) is 0 Å². The fourth-order valence-electron chi connectivity index (χ4n) is 2.42. The number of carbonyl (C=O) groups is 1. The van der Waals surface area contributed by atoms with Crippen molar-refractivity contribution in [3.63, 3.8) is 0 Å². The first-order valence-corrected chi connectivity index (χ1v) is 7.47. The van der Waals surface area contributed by atoms with Gasteiger partial charge < -0.3 is 15.2 Å². The van der Waals surface area contributed by atoms with Gasteiger partial charge in [0.25, 0.3) is 5.56 Å². The third kappa shape index (κ3) is 3.85. The maximum absolute atomic E-state index is 12.3. The molecule has 24 heavy (non-hydrogen) atoms. The molecule has 0 bridgehead atoms. The van der Waals surface area contributed by atoms with Crippen LogP contribution in [0.2, 0.25) is 0 Å². The summed E-state index contributed by atoms with van der Waals surface area (Å²) in [7, 11) is 2.94. The van der Waals surface area contributed by atoms with Crippen molar-refractivity contribution < 1.29 is 4.79 Å². The Balaban J connectivity index is 0.00000288. The molecular formula is C14H23ClN6O3. The predicted octanol–water partition coefficient (Wildman–Crippen LogP) is -1.03. The number of fused-ring (bicyclic) bond motifs is 1. The molecule has 2 heterocycles. The van der Waals surface area contributed by atoms with Crippen molar-refractivity contribution in [2.24, 2.45) is 14.1 Å². The zero-order chi connectivity index (χ0) is 17.1. The number of halogens is 1. The molecule has 0 aliphatic rings. The van der Waals surface area contributed by atoms with Crippen molar-refractivity contribution >= 4 is 29.5 Å². The van der Waals surface area contributed by atoms with Crippen LogP contribution in [0.3, 0.4) is 0 Å². The fourth-order valence-corrected chi connectivity index (χ4v) is 2.42. The molecule has 0 saturated heterocycles. The molecule has 0 spiro atoms. The largest absolute Gasteiger partial charge is 0.353 e. The second-order valence-electron chi connectivity index (χ2n) is 5.51. The van der Waals surface area contributed by atoms with E-state index in [1.54, 1.807) is 7.05 Å². The number of rotatable bonds is 6. The molecule has 0 saturated carbocycles. The molecular weight excluding hydrogens is 336 g/mol. The first-order chi connectivity index (χ1) is 10.9. The van der Waals surface area contributed by atoms with Gasteiger partial charge in [-0.05, 0) is 13.5 Å². The van der Waals surface area contributed by atoms with Gasteiger partial charge in [0.05, 0.1) is 6.33 Å². The van der Waals surface area contributed by atoms with Gasteiger partial charge in [0, 0.05) is 26.7 Å². The smallest absolute Gasteiger partial charge is 0.332 e. The van der Waals surface area contributed by atoms with E-state index in [1.165, 1.54) is 22.5 Å². The zero-order valence-electron chi connectivity index (χ0n) is 14.2. The summed E-state index contributed by atoms with van der Waals surface area (Å²) in [6, 6.07) is 0.164. The molecule has 0 fully saturated rings. The Labute approximate surface area is 145 Å². The molecule has 0 aromatic carbocycles. The van der Waals surface area contributed by atoms with Crippen molar-refractivity contribution in [2.45, 2.75) is 26.4 Å². The van der Waals surface area contributed by atoms with Crippen LogP contribution in [0, 0.1) is 0 Å². The second-order valence-corrected chi connectivity index (χ2v) is 5.51. The monoisotopic (exact) mass is 358 g/mol. The first-order valence-electron chi connectivity index (χ1n) is 7.47. The van der Waals surface area contributed by atoms with E-state index in [-0.39, 0.29) is 42.1 Å². The minimum Gasteiger partial charge on any atom is -0.353 e. The summed E-state index contributed by atoms with van der Waals surface area (Å²) in [6.45, 7) is 5.27. The van der Waals surface area contributed by atoms with E-state index < -0.39 is 11.2 Å². The highest BCUT2D eigenvalue weighted by atomic mass is 35.5. The van der Waals surface area contributed by atoms with Gasteiger partial charge in [0.2, 0.25) is 5.91 Å². The van der Waals surface area contributed by atoms with Crippen molar-refractivity contribution in [1.29, 1.82) is 0 Å². The highest BCUT2D eigenvalue weighted by Crippen LogP contribution is 2.04. The van der Waals surface area contributed by atoms with Gasteiger partial charge >= 0.3 is 5.69 Å². The van der Waals surface area contributed by atoms with Gasteiger partial charge in [-0.25, -0.2) is 9.78 Å². The lowest BCUT2D eigenvalue weighted by Gasteiger charge is -2.13. The van der Waals surface area contributed by atoms with Crippen LogP contribution in [-0.2, 0) is 25.4 Å². The van der Waals surface area contributed by atoms with Crippen LogP contribution >= 0.6 is 12.4 Å². The van der Waals surface area contributed by atoms with Crippen LogP contribution in [0.15, 0.2) is 15.9 Å². The Morgan fingerprint density at radius 3 is 2.58 bits per heavy atom. The molecule has 0 aliphatic carbocycles. The van der Waals surface area contributed by atoms with Crippen molar-refractivity contribution in [2.75, 3.05) is 13.1 Å². The van der Waals surface area contributed by atoms with Crippen LogP contribution < -0.4 is 21.9 Å². The fraction of sp³-hybridized carbons (Fsp3) is 0.571. The first kappa shape index (κ1) is 19.9. The average molecular weight is 359 g/mol. The molecule has 1 amide bonds. The quantitative estimate of drug-likeness (QED) is 0.687. The van der Waals surface area contributed by atoms with Gasteiger partial charge in [-0.1, -0.05) is 6.92 Å². The Morgan fingerprint density at radius 1 is 1.29 bits per heavy atom. The number of hydrogen-bond donors (Lipinski definition) is 2. The molecule has 2 aromatic heterocycles. The van der Waals surface area contributed by atoms with Gasteiger partial charge in [-0.3, -0.25) is 18.7 Å². The molecule has 0 radical (unpaired) electrons. The zero-order valence-corrected chi connectivity index (χ0v) is 15.0. The topological polar surface area (TPSA) is 103 Å². The van der Waals surface area contributed by atoms with E-state index in [0.29, 0.717) is 6.54 Å². The van der Waals surface area contributed by atoms with Crippen molar-refractivity contribution in [1.82, 2.24) is 29.3 Å². The van der Waals surface area contributed by atoms with E-state index in [9.17, 15) is 14.4 Å². The lowest BCUT2D eigenvalue weighted by Crippen LogP contribution is -2.40. The van der Waals surface area contributed by atoms with Crippen LogP contribution in [0.5, 0.6) is 0 Å². The molecule has 2 N–H and O–H groups in total. The number of imidazole rings is 1. The predicted molar refractivity (Wildman–Crippen MR) is 93.6 cm³/mol. The third-order valence-corrected chi connectivity index (χ3v) is 3.69. The maximum Gasteiger partial charge on any atom is 0.332 e. The number of amides is 1. The number of aromatic nitrogens is 4. The number of carbonyl (C=O) groups excluding carboxylic acids is 1. The molecule has 0 unspecified atom stereocenters. The molecule has 2 aromatic rings. The van der Waals surface area contributed by atoms with Gasteiger partial charge in [-0.15, -0.1) is 12.4 Å². The van der Waals surface area contributed by atoms with Crippen molar-refractivity contribution in [3.05, 3.63) is 27.2 Å². The second kappa shape index (κ2) is 8.11. The average Bonchev–Trinajstić information content (AvgIpc) is 2.93. The van der Waals surface area contributed by atoms with E-state index >= 15 is 0 Å². The minimum atomic E-state index is -0.464. The van der Waals surface area contributed by atoms with Crippen LogP contribution in [-0.4, -0.2) is 43.7 Å². The lowest BCUT2D eigenvalue weighted by atomic mass is 10.3. The maximum atomic E-state index is 12.3. The van der Waals surface area contributed by atoms with E-state index in [2.05, 4.69) is 15.6 Å². The summed E-state index contributed by atoms with van der Waals surface area (Å²) < 4.78 is 3.76. The highest BCUT2D eigenvalue weighted by Gasteiger charge is 2.16. The Morgan fingerprint density at radius 2 is 1.96 bits per heavy atom. The van der Waals surface area contributed by atoms with Gasteiger partial charge in [0.15, 0.2) is 11.2 Å². The molecule has 134 valence electrons. The Hall–Kier alpha value is -2.13. The Kier molecular flexibility index (Phi) is 6.73. The highest BCUT2D eigenvalue weighted by molar-refractivity contribution is 5.85. The van der Waals surface area contributed by atoms with Gasteiger partial charge in [-0.2, -0.15) is 0 Å². The van der Waals surface area contributed by atoms with E-state index in [0.717, 1.165) is 11.1 Å². The van der Waals surface area contributed by atoms with Crippen LogP contribution in [0.25, 0.3) is 11.2 Å². The number of nitrogens with one attached hydrogen (secondary N) is 2. The van der Waals surface area contributed by atoms with Crippen LogP contribution in [0.1, 0.15) is 13.8 Å². The van der Waals surface area contributed by atoms with Gasteiger partial charge in [0.1, 0.15) is 6.54 Å². The molecule has 1 atom stereocenters. The summed E-state index contributed by atoms with van der Waals surface area (Å²) in [5.74, 6) is -0.218. The minimum absolute atomic E-state index is 0. The normalized spacial score (nSPS) is 12.0. The number of nitrogens with zero attached hydrogens (tertiary/aromatic N) is 4. The summed E-state index contributed by atoms with van der Waals surface area (Å²) in [4.78, 5) is 40.3.